The van der Waals surface area contributed by atoms with Gasteiger partial charge in [-0.05, 0) is 44.7 Å². The number of aliphatic hydroxyl groups excluding tert-OH is 1. The number of carbonyl (C=O) groups is 4. The number of methoxy groups -OCH3 is 1. The number of hydrogen-bond donors (Lipinski definition) is 2. The molecule has 1 fully saturated rings. The Morgan fingerprint density at radius 2 is 1.93 bits per heavy atom. The SMILES string of the molecule is CCCC(=O)OCN(C(=O)[C@@H](NC(=O)C1CCCCN1C)[C@@H](C)CC)[C@H](C[C@@H](O)c1nc(C(=O)OC)cs1)C(C)C. The molecule has 1 aliphatic heterocycles. The van der Waals surface area contributed by atoms with Gasteiger partial charge in [0.1, 0.15) is 17.2 Å². The third-order valence-electron chi connectivity index (χ3n) is 7.79. The maximum atomic E-state index is 14.3. The Balaban J connectivity index is 2.37. The summed E-state index contributed by atoms with van der Waals surface area (Å²) in [5.74, 6) is -1.91. The van der Waals surface area contributed by atoms with E-state index in [0.29, 0.717) is 17.8 Å². The van der Waals surface area contributed by atoms with Crippen LogP contribution in [0.1, 0.15) is 101 Å². The summed E-state index contributed by atoms with van der Waals surface area (Å²) >= 11 is 1.13. The van der Waals surface area contributed by atoms with E-state index in [0.717, 1.165) is 37.1 Å². The molecule has 41 heavy (non-hydrogen) atoms. The van der Waals surface area contributed by atoms with Crippen LogP contribution in [0.15, 0.2) is 5.38 Å². The van der Waals surface area contributed by atoms with E-state index >= 15 is 0 Å². The topological polar surface area (TPSA) is 138 Å². The molecule has 12 heteroatoms. The van der Waals surface area contributed by atoms with Gasteiger partial charge in [0.25, 0.3) is 0 Å². The molecular weight excluding hydrogens is 548 g/mol. The van der Waals surface area contributed by atoms with E-state index in [4.69, 9.17) is 9.47 Å². The Labute approximate surface area is 248 Å². The number of hydrogen-bond acceptors (Lipinski definition) is 10. The van der Waals surface area contributed by atoms with Crippen LogP contribution in [0.4, 0.5) is 0 Å². The second kappa shape index (κ2) is 16.8. The number of carbonyl (C=O) groups excluding carboxylic acids is 4. The largest absolute Gasteiger partial charge is 0.464 e. The molecule has 0 saturated carbocycles. The highest BCUT2D eigenvalue weighted by molar-refractivity contribution is 7.09. The Morgan fingerprint density at radius 1 is 1.22 bits per heavy atom. The molecule has 232 valence electrons. The number of ether oxygens (including phenoxy) is 2. The summed E-state index contributed by atoms with van der Waals surface area (Å²) < 4.78 is 10.2. The van der Waals surface area contributed by atoms with Crippen LogP contribution in [0, 0.1) is 11.8 Å². The first-order valence-electron chi connectivity index (χ1n) is 14.6. The van der Waals surface area contributed by atoms with Gasteiger partial charge in [-0.15, -0.1) is 11.3 Å². The number of nitrogens with one attached hydrogen (secondary N) is 1. The average Bonchev–Trinajstić information content (AvgIpc) is 3.45. The molecule has 1 aromatic rings. The normalized spacial score (nSPS) is 18.7. The quantitative estimate of drug-likeness (QED) is 0.230. The molecule has 0 spiro atoms. The van der Waals surface area contributed by atoms with Crippen molar-refractivity contribution in [1.29, 1.82) is 0 Å². The van der Waals surface area contributed by atoms with E-state index in [-0.39, 0.29) is 55.0 Å². The lowest BCUT2D eigenvalue weighted by atomic mass is 9.92. The number of thiazole rings is 1. The van der Waals surface area contributed by atoms with Crippen LogP contribution in [-0.4, -0.2) is 89.2 Å². The highest BCUT2D eigenvalue weighted by atomic mass is 32.1. The van der Waals surface area contributed by atoms with Crippen LogP contribution in [0.5, 0.6) is 0 Å². The van der Waals surface area contributed by atoms with Gasteiger partial charge in [0.15, 0.2) is 12.4 Å². The molecule has 1 saturated heterocycles. The number of esters is 2. The van der Waals surface area contributed by atoms with Crippen LogP contribution in [0.2, 0.25) is 0 Å². The molecule has 2 N–H and O–H groups in total. The summed E-state index contributed by atoms with van der Waals surface area (Å²) in [4.78, 5) is 59.6. The Morgan fingerprint density at radius 3 is 2.51 bits per heavy atom. The fraction of sp³-hybridized carbons (Fsp3) is 0.759. The molecular formula is C29H48N4O7S. The van der Waals surface area contributed by atoms with Gasteiger partial charge < -0.3 is 24.8 Å². The number of aromatic nitrogens is 1. The van der Waals surface area contributed by atoms with Crippen LogP contribution in [0.25, 0.3) is 0 Å². The van der Waals surface area contributed by atoms with Gasteiger partial charge in [0.05, 0.1) is 13.2 Å². The fourth-order valence-corrected chi connectivity index (χ4v) is 5.77. The van der Waals surface area contributed by atoms with Crippen molar-refractivity contribution in [1.82, 2.24) is 20.1 Å². The van der Waals surface area contributed by atoms with Crippen molar-refractivity contribution in [3.63, 3.8) is 0 Å². The summed E-state index contributed by atoms with van der Waals surface area (Å²) in [5.41, 5.74) is 0.0984. The highest BCUT2D eigenvalue weighted by Gasteiger charge is 2.38. The zero-order valence-electron chi connectivity index (χ0n) is 25.6. The zero-order valence-corrected chi connectivity index (χ0v) is 26.4. The van der Waals surface area contributed by atoms with E-state index < -0.39 is 30.1 Å². The lowest BCUT2D eigenvalue weighted by Crippen LogP contribution is -2.59. The first-order chi connectivity index (χ1) is 19.4. The fourth-order valence-electron chi connectivity index (χ4n) is 4.99. The van der Waals surface area contributed by atoms with Crippen molar-refractivity contribution in [2.24, 2.45) is 11.8 Å². The molecule has 1 aromatic heterocycles. The first-order valence-corrected chi connectivity index (χ1v) is 15.5. The summed E-state index contributed by atoms with van der Waals surface area (Å²) in [5, 5.41) is 16.0. The molecule has 0 radical (unpaired) electrons. The minimum atomic E-state index is -1.08. The standard InChI is InChI=1S/C29H48N4O7S/c1-8-12-24(35)40-17-33(22(18(3)4)15-23(34)27-30-20(16-41-27)29(38)39-7)28(37)25(19(5)9-2)31-26(36)21-13-10-11-14-32(21)6/h16,18-19,21-23,25,34H,8-15,17H2,1-7H3,(H,31,36)/t19-,21?,22+,23+,25-/m0/s1. The Hall–Kier alpha value is -2.57. The summed E-state index contributed by atoms with van der Waals surface area (Å²) in [6.45, 7) is 10.1. The molecule has 0 aromatic carbocycles. The van der Waals surface area contributed by atoms with Crippen LogP contribution in [0.3, 0.4) is 0 Å². The number of nitrogens with zero attached hydrogens (tertiary/aromatic N) is 3. The second-order valence-corrected chi connectivity index (χ2v) is 12.1. The zero-order chi connectivity index (χ0) is 30.7. The minimum absolute atomic E-state index is 0.0927. The van der Waals surface area contributed by atoms with E-state index in [1.54, 1.807) is 0 Å². The van der Waals surface area contributed by atoms with Crippen molar-refractivity contribution in [2.75, 3.05) is 27.4 Å². The number of rotatable bonds is 15. The van der Waals surface area contributed by atoms with Crippen molar-refractivity contribution in [3.8, 4) is 0 Å². The summed E-state index contributed by atoms with van der Waals surface area (Å²) in [6.07, 6.45) is 3.18. The summed E-state index contributed by atoms with van der Waals surface area (Å²) in [6, 6.07) is -1.70. The van der Waals surface area contributed by atoms with Gasteiger partial charge in [-0.25, -0.2) is 9.78 Å². The van der Waals surface area contributed by atoms with Crippen molar-refractivity contribution < 1.29 is 33.8 Å². The van der Waals surface area contributed by atoms with Crippen LogP contribution in [-0.2, 0) is 23.9 Å². The van der Waals surface area contributed by atoms with Crippen molar-refractivity contribution >= 4 is 35.1 Å². The number of piperidine rings is 1. The molecule has 0 bridgehead atoms. The van der Waals surface area contributed by atoms with Crippen LogP contribution >= 0.6 is 11.3 Å². The van der Waals surface area contributed by atoms with E-state index in [9.17, 15) is 24.3 Å². The predicted molar refractivity (Wildman–Crippen MR) is 156 cm³/mol. The van der Waals surface area contributed by atoms with Gasteiger partial charge in [-0.2, -0.15) is 0 Å². The highest BCUT2D eigenvalue weighted by Crippen LogP contribution is 2.29. The van der Waals surface area contributed by atoms with Gasteiger partial charge >= 0.3 is 11.9 Å². The van der Waals surface area contributed by atoms with Crippen LogP contribution < -0.4 is 5.32 Å². The van der Waals surface area contributed by atoms with E-state index in [1.165, 1.54) is 17.4 Å². The molecule has 2 heterocycles. The van der Waals surface area contributed by atoms with Crippen molar-refractivity contribution in [3.05, 3.63) is 16.1 Å². The maximum absolute atomic E-state index is 14.3. The number of likely N-dealkylation sites (N-methyl/N-ethyl adjacent to an activating group) is 1. The molecule has 5 atom stereocenters. The third-order valence-corrected chi connectivity index (χ3v) is 8.73. The lowest BCUT2D eigenvalue weighted by molar-refractivity contribution is -0.159. The molecule has 1 unspecified atom stereocenters. The predicted octanol–water partition coefficient (Wildman–Crippen LogP) is 3.52. The Bertz CT molecular complexity index is 1020. The molecule has 2 rings (SSSR count). The first kappa shape index (κ1) is 34.6. The molecule has 2 amide bonds. The Kier molecular flexibility index (Phi) is 14.2. The lowest BCUT2D eigenvalue weighted by Gasteiger charge is -2.39. The van der Waals surface area contributed by atoms with Gasteiger partial charge in [-0.3, -0.25) is 19.3 Å². The number of aliphatic hydroxyl groups is 1. The van der Waals surface area contributed by atoms with Gasteiger partial charge in [0.2, 0.25) is 11.8 Å². The minimum Gasteiger partial charge on any atom is -0.464 e. The number of likely N-dealkylation sites (tertiary alicyclic amines) is 1. The van der Waals surface area contributed by atoms with Gasteiger partial charge in [-0.1, -0.05) is 47.5 Å². The molecule has 11 nitrogen and oxygen atoms in total. The van der Waals surface area contributed by atoms with Gasteiger partial charge in [0, 0.05) is 24.3 Å². The monoisotopic (exact) mass is 596 g/mol. The number of amides is 2. The maximum Gasteiger partial charge on any atom is 0.357 e. The van der Waals surface area contributed by atoms with E-state index in [1.807, 2.05) is 46.6 Å². The van der Waals surface area contributed by atoms with Crippen molar-refractivity contribution in [2.45, 2.75) is 104 Å². The second-order valence-electron chi connectivity index (χ2n) is 11.2. The molecule has 1 aliphatic rings. The molecule has 0 aliphatic carbocycles. The van der Waals surface area contributed by atoms with E-state index in [2.05, 4.69) is 10.3 Å². The smallest absolute Gasteiger partial charge is 0.357 e. The third kappa shape index (κ3) is 9.75. The average molecular weight is 597 g/mol. The summed E-state index contributed by atoms with van der Waals surface area (Å²) in [7, 11) is 3.18.